The second-order valence-corrected chi connectivity index (χ2v) is 5.27. The Bertz CT molecular complexity index is 846. The van der Waals surface area contributed by atoms with Gasteiger partial charge in [0.05, 0.1) is 18.7 Å². The van der Waals surface area contributed by atoms with Crippen LogP contribution in [-0.2, 0) is 13.0 Å². The van der Waals surface area contributed by atoms with Crippen molar-refractivity contribution < 1.29 is 4.74 Å². The van der Waals surface area contributed by atoms with Gasteiger partial charge in [0.25, 0.3) is 0 Å². The van der Waals surface area contributed by atoms with Crippen LogP contribution < -0.4 is 4.74 Å². The van der Waals surface area contributed by atoms with Crippen LogP contribution in [-0.4, -0.2) is 16.7 Å². The summed E-state index contributed by atoms with van der Waals surface area (Å²) in [4.78, 5) is 4.47. The van der Waals surface area contributed by atoms with Crippen molar-refractivity contribution in [2.45, 2.75) is 13.0 Å². The molecule has 0 bridgehead atoms. The third-order valence-electron chi connectivity index (χ3n) is 3.75. The summed E-state index contributed by atoms with van der Waals surface area (Å²) in [5.74, 6) is 1.84. The van der Waals surface area contributed by atoms with Gasteiger partial charge in [-0.1, -0.05) is 30.3 Å². The lowest BCUT2D eigenvalue weighted by molar-refractivity contribution is 0.410. The fraction of sp³-hybridized carbons (Fsp3) is 0.158. The first-order valence-electron chi connectivity index (χ1n) is 7.41. The quantitative estimate of drug-likeness (QED) is 0.726. The van der Waals surface area contributed by atoms with E-state index in [9.17, 15) is 0 Å². The summed E-state index contributed by atoms with van der Waals surface area (Å²) in [6.07, 6.45) is 4.47. The Balaban J connectivity index is 1.83. The largest absolute Gasteiger partial charge is 0.496 e. The second-order valence-electron chi connectivity index (χ2n) is 5.27. The van der Waals surface area contributed by atoms with Gasteiger partial charge in [-0.2, -0.15) is 5.26 Å². The van der Waals surface area contributed by atoms with Crippen molar-refractivity contribution in [3.05, 3.63) is 83.4 Å². The normalized spacial score (nSPS) is 10.3. The molecule has 1 heterocycles. The van der Waals surface area contributed by atoms with Crippen molar-refractivity contribution in [2.75, 3.05) is 7.11 Å². The molecule has 114 valence electrons. The van der Waals surface area contributed by atoms with Crippen LogP contribution >= 0.6 is 0 Å². The standard InChI is InChI=1S/C19H17N3O/c1-23-18-8-3-2-7-17(18)12-19-21-9-10-22(19)14-16-6-4-5-15(11-16)13-20/h2-11H,12,14H2,1H3. The Morgan fingerprint density at radius 1 is 1.17 bits per heavy atom. The summed E-state index contributed by atoms with van der Waals surface area (Å²) in [5.41, 5.74) is 2.87. The first kappa shape index (κ1) is 14.9. The lowest BCUT2D eigenvalue weighted by Crippen LogP contribution is -2.06. The Morgan fingerprint density at radius 2 is 2.04 bits per heavy atom. The van der Waals surface area contributed by atoms with Crippen LogP contribution in [0.4, 0.5) is 0 Å². The van der Waals surface area contributed by atoms with Gasteiger partial charge in [-0.05, 0) is 23.8 Å². The molecule has 2 aromatic carbocycles. The maximum atomic E-state index is 9.01. The lowest BCUT2D eigenvalue weighted by atomic mass is 10.1. The monoisotopic (exact) mass is 303 g/mol. The number of methoxy groups -OCH3 is 1. The Hall–Kier alpha value is -3.06. The lowest BCUT2D eigenvalue weighted by Gasteiger charge is -2.11. The maximum absolute atomic E-state index is 9.01. The summed E-state index contributed by atoms with van der Waals surface area (Å²) in [6.45, 7) is 0.694. The number of benzene rings is 2. The highest BCUT2D eigenvalue weighted by molar-refractivity contribution is 5.36. The molecular weight excluding hydrogens is 286 g/mol. The number of nitriles is 1. The molecule has 0 atom stereocenters. The van der Waals surface area contributed by atoms with E-state index in [2.05, 4.69) is 15.6 Å². The molecule has 4 nitrogen and oxygen atoms in total. The summed E-state index contributed by atoms with van der Waals surface area (Å²) < 4.78 is 7.51. The molecule has 0 saturated heterocycles. The van der Waals surface area contributed by atoms with E-state index in [-0.39, 0.29) is 0 Å². The highest BCUT2D eigenvalue weighted by atomic mass is 16.5. The number of imidazole rings is 1. The molecule has 3 aromatic rings. The average Bonchev–Trinajstić information content (AvgIpc) is 3.02. The van der Waals surface area contributed by atoms with Crippen LogP contribution in [0, 0.1) is 11.3 Å². The van der Waals surface area contributed by atoms with Crippen molar-refractivity contribution in [2.24, 2.45) is 0 Å². The molecule has 0 radical (unpaired) electrons. The van der Waals surface area contributed by atoms with Gasteiger partial charge in [-0.15, -0.1) is 0 Å². The van der Waals surface area contributed by atoms with E-state index < -0.39 is 0 Å². The van der Waals surface area contributed by atoms with E-state index in [0.29, 0.717) is 18.5 Å². The van der Waals surface area contributed by atoms with Gasteiger partial charge in [-0.3, -0.25) is 0 Å². The molecule has 0 spiro atoms. The number of hydrogen-bond acceptors (Lipinski definition) is 3. The zero-order valence-corrected chi connectivity index (χ0v) is 12.9. The molecular formula is C19H17N3O. The molecule has 23 heavy (non-hydrogen) atoms. The molecule has 0 fully saturated rings. The van der Waals surface area contributed by atoms with E-state index in [1.807, 2.05) is 54.7 Å². The average molecular weight is 303 g/mol. The Kier molecular flexibility index (Phi) is 4.39. The third-order valence-corrected chi connectivity index (χ3v) is 3.75. The number of para-hydroxylation sites is 1. The molecule has 3 rings (SSSR count). The Morgan fingerprint density at radius 3 is 2.87 bits per heavy atom. The Labute approximate surface area is 135 Å². The minimum absolute atomic E-state index is 0.675. The topological polar surface area (TPSA) is 50.8 Å². The minimum atomic E-state index is 0.675. The maximum Gasteiger partial charge on any atom is 0.122 e. The molecule has 0 aliphatic carbocycles. The molecule has 1 aromatic heterocycles. The molecule has 0 unspecified atom stereocenters. The minimum Gasteiger partial charge on any atom is -0.496 e. The molecule has 0 saturated carbocycles. The van der Waals surface area contributed by atoms with Crippen molar-refractivity contribution >= 4 is 0 Å². The van der Waals surface area contributed by atoms with Crippen LogP contribution in [0.25, 0.3) is 0 Å². The summed E-state index contributed by atoms with van der Waals surface area (Å²) in [7, 11) is 1.68. The highest BCUT2D eigenvalue weighted by Gasteiger charge is 2.09. The van der Waals surface area contributed by atoms with Gasteiger partial charge in [-0.25, -0.2) is 4.98 Å². The van der Waals surface area contributed by atoms with Crippen molar-refractivity contribution in [3.8, 4) is 11.8 Å². The third kappa shape index (κ3) is 3.41. The van der Waals surface area contributed by atoms with Crippen LogP contribution in [0.3, 0.4) is 0 Å². The number of hydrogen-bond donors (Lipinski definition) is 0. The van der Waals surface area contributed by atoms with Gasteiger partial charge >= 0.3 is 0 Å². The number of ether oxygens (including phenoxy) is 1. The first-order chi connectivity index (χ1) is 11.3. The van der Waals surface area contributed by atoms with Gasteiger partial charge < -0.3 is 9.30 Å². The summed E-state index contributed by atoms with van der Waals surface area (Å²) >= 11 is 0. The van der Waals surface area contributed by atoms with Crippen LogP contribution in [0.5, 0.6) is 5.75 Å². The second kappa shape index (κ2) is 6.80. The predicted octanol–water partition coefficient (Wildman–Crippen LogP) is 3.40. The van der Waals surface area contributed by atoms with Crippen LogP contribution in [0.2, 0.25) is 0 Å². The van der Waals surface area contributed by atoms with Crippen molar-refractivity contribution in [1.29, 1.82) is 5.26 Å². The number of rotatable bonds is 5. The predicted molar refractivity (Wildman–Crippen MR) is 88.3 cm³/mol. The smallest absolute Gasteiger partial charge is 0.122 e. The van der Waals surface area contributed by atoms with E-state index in [1.54, 1.807) is 13.3 Å². The van der Waals surface area contributed by atoms with E-state index >= 15 is 0 Å². The van der Waals surface area contributed by atoms with Gasteiger partial charge in [0.15, 0.2) is 0 Å². The molecule has 0 aliphatic rings. The van der Waals surface area contributed by atoms with E-state index in [4.69, 9.17) is 10.00 Å². The molecule has 0 amide bonds. The van der Waals surface area contributed by atoms with Crippen LogP contribution in [0.1, 0.15) is 22.5 Å². The molecule has 0 aliphatic heterocycles. The van der Waals surface area contributed by atoms with Gasteiger partial charge in [0, 0.05) is 30.9 Å². The molecule has 4 heteroatoms. The van der Waals surface area contributed by atoms with Crippen LogP contribution in [0.15, 0.2) is 60.9 Å². The first-order valence-corrected chi connectivity index (χ1v) is 7.41. The number of aromatic nitrogens is 2. The fourth-order valence-electron chi connectivity index (χ4n) is 2.61. The SMILES string of the molecule is COc1ccccc1Cc1nccn1Cc1cccc(C#N)c1. The zero-order chi connectivity index (χ0) is 16.1. The van der Waals surface area contributed by atoms with E-state index in [0.717, 1.165) is 22.7 Å². The zero-order valence-electron chi connectivity index (χ0n) is 12.9. The highest BCUT2D eigenvalue weighted by Crippen LogP contribution is 2.20. The van der Waals surface area contributed by atoms with Gasteiger partial charge in [0.2, 0.25) is 0 Å². The van der Waals surface area contributed by atoms with Crippen molar-refractivity contribution in [3.63, 3.8) is 0 Å². The fourth-order valence-corrected chi connectivity index (χ4v) is 2.61. The van der Waals surface area contributed by atoms with Gasteiger partial charge in [0.1, 0.15) is 11.6 Å². The summed E-state index contributed by atoms with van der Waals surface area (Å²) in [5, 5.41) is 9.01. The number of nitrogens with zero attached hydrogens (tertiary/aromatic N) is 3. The summed E-state index contributed by atoms with van der Waals surface area (Å²) in [6, 6.07) is 17.8. The molecule has 0 N–H and O–H groups in total. The van der Waals surface area contributed by atoms with Crippen molar-refractivity contribution in [1.82, 2.24) is 9.55 Å². The van der Waals surface area contributed by atoms with E-state index in [1.165, 1.54) is 0 Å².